The summed E-state index contributed by atoms with van der Waals surface area (Å²) in [5.74, 6) is 0.567. The lowest BCUT2D eigenvalue weighted by atomic mass is 10.1. The summed E-state index contributed by atoms with van der Waals surface area (Å²) in [5, 5.41) is 4.33. The quantitative estimate of drug-likeness (QED) is 0.543. The third-order valence-electron chi connectivity index (χ3n) is 4.73. The van der Waals surface area contributed by atoms with E-state index in [0.717, 1.165) is 28.6 Å². The van der Waals surface area contributed by atoms with E-state index in [0.29, 0.717) is 17.9 Å². The Labute approximate surface area is 169 Å². The Morgan fingerprint density at radius 3 is 2.66 bits per heavy atom. The van der Waals surface area contributed by atoms with Crippen molar-refractivity contribution in [1.82, 2.24) is 19.9 Å². The molecule has 0 saturated heterocycles. The van der Waals surface area contributed by atoms with Gasteiger partial charge in [0.2, 0.25) is 0 Å². The zero-order valence-electron chi connectivity index (χ0n) is 16.1. The molecule has 0 aliphatic heterocycles. The summed E-state index contributed by atoms with van der Waals surface area (Å²) >= 11 is 0. The number of nitrogens with zero attached hydrogens (tertiary/aromatic N) is 4. The number of carbonyl (C=O) groups is 1. The number of anilines is 2. The highest BCUT2D eigenvalue weighted by atomic mass is 16.2. The van der Waals surface area contributed by atoms with Crippen LogP contribution in [0, 0.1) is 0 Å². The van der Waals surface area contributed by atoms with E-state index in [4.69, 9.17) is 0 Å². The fourth-order valence-electron chi connectivity index (χ4n) is 3.14. The second-order valence-corrected chi connectivity index (χ2v) is 6.77. The number of likely N-dealkylation sites (N-methyl/N-ethyl adjacent to an activating group) is 1. The average molecular weight is 383 g/mol. The van der Waals surface area contributed by atoms with E-state index in [1.165, 1.54) is 0 Å². The van der Waals surface area contributed by atoms with E-state index in [1.807, 2.05) is 49.5 Å². The molecule has 0 atom stereocenters. The average Bonchev–Trinajstić information content (AvgIpc) is 2.78. The predicted molar refractivity (Wildman–Crippen MR) is 114 cm³/mol. The first-order chi connectivity index (χ1) is 14.2. The van der Waals surface area contributed by atoms with Gasteiger partial charge in [0.1, 0.15) is 5.82 Å². The number of aromatic nitrogens is 3. The van der Waals surface area contributed by atoms with E-state index in [9.17, 15) is 4.79 Å². The molecule has 6 heteroatoms. The molecule has 0 fully saturated rings. The third-order valence-corrected chi connectivity index (χ3v) is 4.73. The molecule has 1 N–H and O–H groups in total. The number of hydrogen-bond donors (Lipinski definition) is 1. The Balaban J connectivity index is 1.48. The molecule has 4 aromatic rings. The first-order valence-corrected chi connectivity index (χ1v) is 9.42. The van der Waals surface area contributed by atoms with Crippen LogP contribution < -0.4 is 5.32 Å². The van der Waals surface area contributed by atoms with Crippen LogP contribution in [-0.2, 0) is 6.42 Å². The van der Waals surface area contributed by atoms with Crippen molar-refractivity contribution in [2.24, 2.45) is 0 Å². The zero-order valence-corrected chi connectivity index (χ0v) is 16.1. The Bertz CT molecular complexity index is 1120. The number of benzene rings is 1. The maximum atomic E-state index is 12.8. The number of fused-ring (bicyclic) bond motifs is 1. The van der Waals surface area contributed by atoms with Crippen LogP contribution in [0.3, 0.4) is 0 Å². The molecule has 4 rings (SSSR count). The van der Waals surface area contributed by atoms with E-state index in [-0.39, 0.29) is 5.91 Å². The van der Waals surface area contributed by atoms with Gasteiger partial charge in [-0.3, -0.25) is 14.8 Å². The van der Waals surface area contributed by atoms with Gasteiger partial charge >= 0.3 is 0 Å². The largest absolute Gasteiger partial charge is 0.341 e. The van der Waals surface area contributed by atoms with Gasteiger partial charge < -0.3 is 10.2 Å². The maximum Gasteiger partial charge on any atom is 0.253 e. The lowest BCUT2D eigenvalue weighted by Gasteiger charge is -2.17. The highest BCUT2D eigenvalue weighted by Crippen LogP contribution is 2.24. The van der Waals surface area contributed by atoms with Crippen molar-refractivity contribution in [2.75, 3.05) is 18.9 Å². The van der Waals surface area contributed by atoms with Gasteiger partial charge in [-0.1, -0.05) is 18.2 Å². The van der Waals surface area contributed by atoms with E-state index < -0.39 is 0 Å². The second-order valence-electron chi connectivity index (χ2n) is 6.77. The first-order valence-electron chi connectivity index (χ1n) is 9.42. The SMILES string of the molecule is CN(CCc1ccncc1)C(=O)c1ccnc(Nc2cccc3cccnc23)c1. The van der Waals surface area contributed by atoms with Gasteiger partial charge in [-0.05, 0) is 48.4 Å². The summed E-state index contributed by atoms with van der Waals surface area (Å²) in [7, 11) is 1.81. The minimum absolute atomic E-state index is 0.0412. The molecule has 6 nitrogen and oxygen atoms in total. The zero-order chi connectivity index (χ0) is 20.1. The smallest absolute Gasteiger partial charge is 0.253 e. The lowest BCUT2D eigenvalue weighted by Crippen LogP contribution is -2.28. The van der Waals surface area contributed by atoms with Crippen molar-refractivity contribution in [1.29, 1.82) is 0 Å². The third kappa shape index (κ3) is 4.38. The fourth-order valence-corrected chi connectivity index (χ4v) is 3.14. The summed E-state index contributed by atoms with van der Waals surface area (Å²) in [6, 6.07) is 17.3. The molecule has 3 aromatic heterocycles. The molecule has 0 aliphatic carbocycles. The summed E-state index contributed by atoms with van der Waals surface area (Å²) in [5.41, 5.74) is 3.46. The van der Waals surface area contributed by atoms with Crippen LogP contribution >= 0.6 is 0 Å². The minimum atomic E-state index is -0.0412. The number of pyridine rings is 3. The van der Waals surface area contributed by atoms with Crippen LogP contribution in [0.5, 0.6) is 0 Å². The fraction of sp³-hybridized carbons (Fsp3) is 0.130. The van der Waals surface area contributed by atoms with Crippen LogP contribution in [0.1, 0.15) is 15.9 Å². The van der Waals surface area contributed by atoms with Crippen molar-refractivity contribution in [3.05, 3.63) is 90.5 Å². The Morgan fingerprint density at radius 1 is 0.966 bits per heavy atom. The highest BCUT2D eigenvalue weighted by Gasteiger charge is 2.13. The molecule has 3 heterocycles. The standard InChI is InChI=1S/C23H21N5O/c1-28(15-10-17-7-12-24-13-8-17)23(29)19-9-14-25-21(16-19)27-20-6-2-4-18-5-3-11-26-22(18)20/h2-9,11-14,16H,10,15H2,1H3,(H,25,27). The number of amides is 1. The van der Waals surface area contributed by atoms with Crippen molar-refractivity contribution in [2.45, 2.75) is 6.42 Å². The van der Waals surface area contributed by atoms with E-state index in [2.05, 4.69) is 20.3 Å². The van der Waals surface area contributed by atoms with Gasteiger partial charge in [0.05, 0.1) is 11.2 Å². The molecule has 0 unspecified atom stereocenters. The van der Waals surface area contributed by atoms with Crippen molar-refractivity contribution >= 4 is 28.3 Å². The van der Waals surface area contributed by atoms with Gasteiger partial charge in [-0.2, -0.15) is 0 Å². The van der Waals surface area contributed by atoms with Gasteiger partial charge in [0.25, 0.3) is 5.91 Å². The molecule has 29 heavy (non-hydrogen) atoms. The molecule has 0 saturated carbocycles. The van der Waals surface area contributed by atoms with Crippen molar-refractivity contribution in [3.8, 4) is 0 Å². The molecule has 0 aliphatic rings. The van der Waals surface area contributed by atoms with Crippen LogP contribution in [0.15, 0.2) is 79.4 Å². The first kappa shape index (κ1) is 18.6. The lowest BCUT2D eigenvalue weighted by molar-refractivity contribution is 0.0796. The second kappa shape index (κ2) is 8.48. The summed E-state index contributed by atoms with van der Waals surface area (Å²) in [6.45, 7) is 0.626. The van der Waals surface area contributed by atoms with Gasteiger partial charge in [-0.15, -0.1) is 0 Å². The molecule has 1 amide bonds. The van der Waals surface area contributed by atoms with Crippen molar-refractivity contribution in [3.63, 3.8) is 0 Å². The molecule has 0 spiro atoms. The monoisotopic (exact) mass is 383 g/mol. The number of nitrogens with one attached hydrogen (secondary N) is 1. The maximum absolute atomic E-state index is 12.8. The minimum Gasteiger partial charge on any atom is -0.341 e. The molecule has 1 aromatic carbocycles. The Kier molecular flexibility index (Phi) is 5.42. The topological polar surface area (TPSA) is 71.0 Å². The van der Waals surface area contributed by atoms with Crippen LogP contribution in [0.4, 0.5) is 11.5 Å². The number of carbonyl (C=O) groups excluding carboxylic acids is 1. The van der Waals surface area contributed by atoms with Crippen molar-refractivity contribution < 1.29 is 4.79 Å². The number of para-hydroxylation sites is 1. The van der Waals surface area contributed by atoms with Crippen LogP contribution in [0.25, 0.3) is 10.9 Å². The number of rotatable bonds is 6. The molecular weight excluding hydrogens is 362 g/mol. The van der Waals surface area contributed by atoms with Gasteiger partial charge in [0, 0.05) is 49.3 Å². The van der Waals surface area contributed by atoms with Crippen LogP contribution in [-0.4, -0.2) is 39.4 Å². The normalized spacial score (nSPS) is 10.7. The summed E-state index contributed by atoms with van der Waals surface area (Å²) in [6.07, 6.45) is 7.71. The van der Waals surface area contributed by atoms with E-state index in [1.54, 1.807) is 41.8 Å². The van der Waals surface area contributed by atoms with Crippen LogP contribution in [0.2, 0.25) is 0 Å². The van der Waals surface area contributed by atoms with E-state index >= 15 is 0 Å². The van der Waals surface area contributed by atoms with Gasteiger partial charge in [-0.25, -0.2) is 4.98 Å². The predicted octanol–water partition coefficient (Wildman–Crippen LogP) is 4.08. The molecule has 144 valence electrons. The molecular formula is C23H21N5O. The highest BCUT2D eigenvalue weighted by molar-refractivity contribution is 5.95. The Hall–Kier alpha value is -3.80. The summed E-state index contributed by atoms with van der Waals surface area (Å²) < 4.78 is 0. The molecule has 0 bridgehead atoms. The Morgan fingerprint density at radius 2 is 1.79 bits per heavy atom. The van der Waals surface area contributed by atoms with Gasteiger partial charge in [0.15, 0.2) is 0 Å². The molecule has 0 radical (unpaired) electrons. The number of hydrogen-bond acceptors (Lipinski definition) is 5. The summed E-state index contributed by atoms with van der Waals surface area (Å²) in [4.78, 5) is 27.4.